The second kappa shape index (κ2) is 3.94. The Morgan fingerprint density at radius 3 is 2.61 bits per heavy atom. The molecule has 0 radical (unpaired) electrons. The van der Waals surface area contributed by atoms with E-state index in [1.165, 1.54) is 0 Å². The van der Waals surface area contributed by atoms with Crippen LogP contribution < -0.4 is 11.1 Å². The third kappa shape index (κ3) is 1.77. The van der Waals surface area contributed by atoms with Crippen molar-refractivity contribution >= 4 is 5.91 Å². The van der Waals surface area contributed by atoms with Crippen LogP contribution in [0.4, 0.5) is 0 Å². The second-order valence-corrected chi connectivity index (χ2v) is 7.52. The molecule has 0 aromatic rings. The van der Waals surface area contributed by atoms with Crippen molar-refractivity contribution in [2.75, 3.05) is 13.2 Å². The van der Waals surface area contributed by atoms with Crippen molar-refractivity contribution in [3.63, 3.8) is 0 Å². The van der Waals surface area contributed by atoms with Gasteiger partial charge in [-0.2, -0.15) is 0 Å². The molecule has 2 fully saturated rings. The summed E-state index contributed by atoms with van der Waals surface area (Å²) in [5.74, 6) is 0.154. The van der Waals surface area contributed by atoms with Gasteiger partial charge in [-0.25, -0.2) is 0 Å². The summed E-state index contributed by atoms with van der Waals surface area (Å²) in [6, 6.07) is 0. The largest absolute Gasteiger partial charge is 0.377 e. The van der Waals surface area contributed by atoms with Crippen molar-refractivity contribution in [2.45, 2.75) is 52.7 Å². The van der Waals surface area contributed by atoms with E-state index in [1.54, 1.807) is 0 Å². The molecule has 18 heavy (non-hydrogen) atoms. The minimum atomic E-state index is -0.778. The zero-order valence-electron chi connectivity index (χ0n) is 12.2. The summed E-state index contributed by atoms with van der Waals surface area (Å²) in [4.78, 5) is 12.5. The summed E-state index contributed by atoms with van der Waals surface area (Å²) in [5, 5.41) is 3.01. The van der Waals surface area contributed by atoms with Gasteiger partial charge < -0.3 is 15.8 Å². The number of nitrogens with one attached hydrogen (secondary N) is 1. The molecule has 2 aliphatic rings. The van der Waals surface area contributed by atoms with Gasteiger partial charge in [-0.1, -0.05) is 34.6 Å². The maximum atomic E-state index is 12.5. The Morgan fingerprint density at radius 1 is 1.44 bits per heavy atom. The number of carbonyl (C=O) groups excluding carboxylic acids is 1. The molecule has 4 nitrogen and oxygen atoms in total. The van der Waals surface area contributed by atoms with E-state index in [9.17, 15) is 4.79 Å². The van der Waals surface area contributed by atoms with Gasteiger partial charge in [-0.3, -0.25) is 4.79 Å². The molecule has 1 saturated carbocycles. The van der Waals surface area contributed by atoms with E-state index in [1.807, 2.05) is 13.8 Å². The summed E-state index contributed by atoms with van der Waals surface area (Å²) in [7, 11) is 0. The first-order valence-electron chi connectivity index (χ1n) is 6.79. The summed E-state index contributed by atoms with van der Waals surface area (Å²) in [6.07, 6.45) is 1.04. The number of rotatable bonds is 2. The highest BCUT2D eigenvalue weighted by Crippen LogP contribution is 2.58. The first-order valence-corrected chi connectivity index (χ1v) is 6.79. The topological polar surface area (TPSA) is 64.4 Å². The van der Waals surface area contributed by atoms with Gasteiger partial charge in [0.25, 0.3) is 0 Å². The zero-order chi connectivity index (χ0) is 13.8. The molecule has 0 bridgehead atoms. The lowest BCUT2D eigenvalue weighted by molar-refractivity contribution is -0.175. The number of ether oxygens (including phenoxy) is 1. The van der Waals surface area contributed by atoms with Crippen LogP contribution in [0.3, 0.4) is 0 Å². The highest BCUT2D eigenvalue weighted by molar-refractivity contribution is 5.89. The van der Waals surface area contributed by atoms with Gasteiger partial charge in [0.2, 0.25) is 5.91 Å². The molecule has 1 saturated heterocycles. The minimum Gasteiger partial charge on any atom is -0.377 e. The molecule has 3 unspecified atom stereocenters. The van der Waals surface area contributed by atoms with Crippen LogP contribution in [0.5, 0.6) is 0 Å². The molecule has 1 heterocycles. The van der Waals surface area contributed by atoms with E-state index in [0.29, 0.717) is 6.54 Å². The molecule has 0 spiro atoms. The molecule has 1 aliphatic carbocycles. The molecule has 104 valence electrons. The SMILES string of the molecule is CC(C)(C)CNC(=O)C1(N)C2CCOC2C1(C)C. The predicted octanol–water partition coefficient (Wildman–Crippen LogP) is 1.29. The number of nitrogens with two attached hydrogens (primary N) is 1. The number of hydrogen-bond donors (Lipinski definition) is 2. The lowest BCUT2D eigenvalue weighted by Crippen LogP contribution is -2.80. The fourth-order valence-corrected chi connectivity index (χ4v) is 3.34. The smallest absolute Gasteiger partial charge is 0.241 e. The van der Waals surface area contributed by atoms with Crippen LogP contribution in [0.2, 0.25) is 0 Å². The summed E-state index contributed by atoms with van der Waals surface area (Å²) < 4.78 is 5.70. The molecule has 0 aromatic heterocycles. The van der Waals surface area contributed by atoms with Crippen LogP contribution >= 0.6 is 0 Å². The molecule has 1 aliphatic heterocycles. The van der Waals surface area contributed by atoms with Crippen molar-refractivity contribution in [3.05, 3.63) is 0 Å². The summed E-state index contributed by atoms with van der Waals surface area (Å²) >= 11 is 0. The Kier molecular flexibility index (Phi) is 3.02. The van der Waals surface area contributed by atoms with Crippen LogP contribution in [0.1, 0.15) is 41.0 Å². The standard InChI is InChI=1S/C14H26N2O2/c1-12(2,3)8-16-11(17)14(15)9-6-7-18-10(9)13(14,4)5/h9-10H,6-8,15H2,1-5H3,(H,16,17). The molecule has 1 amide bonds. The van der Waals surface area contributed by atoms with E-state index >= 15 is 0 Å². The lowest BCUT2D eigenvalue weighted by atomic mass is 9.48. The normalized spacial score (nSPS) is 37.9. The van der Waals surface area contributed by atoms with Crippen molar-refractivity contribution in [1.82, 2.24) is 5.32 Å². The lowest BCUT2D eigenvalue weighted by Gasteiger charge is -2.60. The van der Waals surface area contributed by atoms with Crippen LogP contribution in [-0.4, -0.2) is 30.7 Å². The Morgan fingerprint density at radius 2 is 2.06 bits per heavy atom. The zero-order valence-corrected chi connectivity index (χ0v) is 12.2. The van der Waals surface area contributed by atoms with Gasteiger partial charge in [0, 0.05) is 24.5 Å². The van der Waals surface area contributed by atoms with Crippen molar-refractivity contribution in [2.24, 2.45) is 22.5 Å². The van der Waals surface area contributed by atoms with Crippen LogP contribution in [-0.2, 0) is 9.53 Å². The summed E-state index contributed by atoms with van der Waals surface area (Å²) in [6.45, 7) is 11.8. The fourth-order valence-electron chi connectivity index (χ4n) is 3.34. The van der Waals surface area contributed by atoms with E-state index in [0.717, 1.165) is 13.0 Å². The predicted molar refractivity (Wildman–Crippen MR) is 71.0 cm³/mol. The fraction of sp³-hybridized carbons (Fsp3) is 0.929. The van der Waals surface area contributed by atoms with Gasteiger partial charge >= 0.3 is 0 Å². The maximum Gasteiger partial charge on any atom is 0.241 e. The van der Waals surface area contributed by atoms with E-state index in [-0.39, 0.29) is 28.8 Å². The third-order valence-corrected chi connectivity index (χ3v) is 4.61. The Balaban J connectivity index is 2.09. The molecule has 3 atom stereocenters. The average Bonchev–Trinajstić information content (AvgIpc) is 2.71. The Bertz CT molecular complexity index is 359. The minimum absolute atomic E-state index is 0.0193. The summed E-state index contributed by atoms with van der Waals surface area (Å²) in [5.41, 5.74) is 5.46. The molecule has 2 rings (SSSR count). The molecular formula is C14H26N2O2. The number of hydrogen-bond acceptors (Lipinski definition) is 3. The van der Waals surface area contributed by atoms with Crippen molar-refractivity contribution in [1.29, 1.82) is 0 Å². The average molecular weight is 254 g/mol. The third-order valence-electron chi connectivity index (χ3n) is 4.61. The van der Waals surface area contributed by atoms with Crippen LogP contribution in [0.15, 0.2) is 0 Å². The number of fused-ring (bicyclic) bond motifs is 1. The van der Waals surface area contributed by atoms with E-state index < -0.39 is 5.54 Å². The maximum absolute atomic E-state index is 12.5. The Labute approximate surface area is 110 Å². The highest BCUT2D eigenvalue weighted by Gasteiger charge is 2.71. The van der Waals surface area contributed by atoms with Crippen LogP contribution in [0.25, 0.3) is 0 Å². The van der Waals surface area contributed by atoms with Crippen molar-refractivity contribution < 1.29 is 9.53 Å². The van der Waals surface area contributed by atoms with Gasteiger partial charge in [-0.05, 0) is 11.8 Å². The van der Waals surface area contributed by atoms with E-state index in [4.69, 9.17) is 10.5 Å². The molecule has 3 N–H and O–H groups in total. The highest BCUT2D eigenvalue weighted by atomic mass is 16.5. The molecular weight excluding hydrogens is 228 g/mol. The number of carbonyl (C=O) groups is 1. The van der Waals surface area contributed by atoms with Gasteiger partial charge in [0.1, 0.15) is 5.54 Å². The van der Waals surface area contributed by atoms with Gasteiger partial charge in [-0.15, -0.1) is 0 Å². The number of amides is 1. The molecule has 0 aromatic carbocycles. The quantitative estimate of drug-likeness (QED) is 0.780. The first kappa shape index (κ1) is 13.8. The second-order valence-electron chi connectivity index (χ2n) is 7.52. The Hall–Kier alpha value is -0.610. The van der Waals surface area contributed by atoms with Gasteiger partial charge in [0.05, 0.1) is 6.10 Å². The monoisotopic (exact) mass is 254 g/mol. The van der Waals surface area contributed by atoms with Gasteiger partial charge in [0.15, 0.2) is 0 Å². The van der Waals surface area contributed by atoms with E-state index in [2.05, 4.69) is 26.1 Å². The van der Waals surface area contributed by atoms with Crippen LogP contribution in [0, 0.1) is 16.7 Å². The first-order chi connectivity index (χ1) is 8.11. The van der Waals surface area contributed by atoms with Crippen molar-refractivity contribution in [3.8, 4) is 0 Å². The molecule has 4 heteroatoms.